The number of anilines is 2. The van der Waals surface area contributed by atoms with Crippen LogP contribution in [-0.2, 0) is 12.4 Å². The average Bonchev–Trinajstić information content (AvgIpc) is 3.34. The standard InChI is InChI=1S/C22H13F7N6O/c23-17-6-5-14(10-16(17)22(27,28)29)30-20(36)31-18-7-4-12(9-15(18)19-32-34-35-33-19)11-2-1-3-13(8-11)21(24,25)26/h1-10H,(H2,30,31,36)(H,32,33,34,35). The van der Waals surface area contributed by atoms with Crippen LogP contribution in [0.2, 0.25) is 0 Å². The van der Waals surface area contributed by atoms with E-state index in [0.29, 0.717) is 17.7 Å². The van der Waals surface area contributed by atoms with Crippen molar-refractivity contribution in [1.29, 1.82) is 0 Å². The first-order valence-corrected chi connectivity index (χ1v) is 9.92. The summed E-state index contributed by atoms with van der Waals surface area (Å²) in [6.45, 7) is 0. The fourth-order valence-electron chi connectivity index (χ4n) is 3.28. The van der Waals surface area contributed by atoms with Crippen molar-refractivity contribution in [3.8, 4) is 22.5 Å². The van der Waals surface area contributed by atoms with Crippen LogP contribution >= 0.6 is 0 Å². The largest absolute Gasteiger partial charge is 0.419 e. The monoisotopic (exact) mass is 510 g/mol. The number of amides is 2. The Morgan fingerprint density at radius 2 is 1.58 bits per heavy atom. The van der Waals surface area contributed by atoms with Crippen LogP contribution in [0.25, 0.3) is 22.5 Å². The van der Waals surface area contributed by atoms with E-state index in [1.54, 1.807) is 0 Å². The summed E-state index contributed by atoms with van der Waals surface area (Å²) < 4.78 is 91.7. The van der Waals surface area contributed by atoms with Crippen molar-refractivity contribution in [2.45, 2.75) is 12.4 Å². The maximum atomic E-state index is 13.5. The van der Waals surface area contributed by atoms with Gasteiger partial charge in [0.1, 0.15) is 5.82 Å². The van der Waals surface area contributed by atoms with Crippen molar-refractivity contribution in [3.63, 3.8) is 0 Å². The van der Waals surface area contributed by atoms with Crippen molar-refractivity contribution in [2.24, 2.45) is 0 Å². The van der Waals surface area contributed by atoms with E-state index in [1.807, 2.05) is 0 Å². The molecule has 0 atom stereocenters. The molecule has 0 aliphatic rings. The Balaban J connectivity index is 1.64. The molecule has 186 valence electrons. The Morgan fingerprint density at radius 3 is 2.25 bits per heavy atom. The van der Waals surface area contributed by atoms with Gasteiger partial charge in [-0.3, -0.25) is 0 Å². The van der Waals surface area contributed by atoms with Gasteiger partial charge >= 0.3 is 18.4 Å². The van der Waals surface area contributed by atoms with E-state index < -0.39 is 35.3 Å². The van der Waals surface area contributed by atoms with E-state index in [1.165, 1.54) is 30.3 Å². The van der Waals surface area contributed by atoms with E-state index in [9.17, 15) is 35.5 Å². The van der Waals surface area contributed by atoms with Crippen molar-refractivity contribution in [1.82, 2.24) is 20.6 Å². The van der Waals surface area contributed by atoms with E-state index >= 15 is 0 Å². The van der Waals surface area contributed by atoms with Crippen LogP contribution in [0.4, 0.5) is 46.9 Å². The van der Waals surface area contributed by atoms with Gasteiger partial charge in [0.25, 0.3) is 0 Å². The number of aromatic amines is 1. The summed E-state index contributed by atoms with van der Waals surface area (Å²) in [5, 5.41) is 17.7. The summed E-state index contributed by atoms with van der Waals surface area (Å²) in [4.78, 5) is 12.5. The quantitative estimate of drug-likeness (QED) is 0.279. The molecule has 3 aromatic carbocycles. The molecule has 0 aliphatic heterocycles. The van der Waals surface area contributed by atoms with Gasteiger partial charge in [0, 0.05) is 11.3 Å². The Bertz CT molecular complexity index is 1400. The molecule has 0 aliphatic carbocycles. The second-order valence-electron chi connectivity index (χ2n) is 7.36. The molecule has 1 aromatic heterocycles. The number of urea groups is 1. The van der Waals surface area contributed by atoms with E-state index in [2.05, 4.69) is 31.3 Å². The van der Waals surface area contributed by atoms with Crippen molar-refractivity contribution >= 4 is 17.4 Å². The van der Waals surface area contributed by atoms with Crippen LogP contribution in [0.5, 0.6) is 0 Å². The highest BCUT2D eigenvalue weighted by molar-refractivity contribution is 6.02. The smallest absolute Gasteiger partial charge is 0.308 e. The number of hydrogen-bond donors (Lipinski definition) is 3. The third-order valence-corrected chi connectivity index (χ3v) is 4.92. The SMILES string of the molecule is O=C(Nc1ccc(F)c(C(F)(F)F)c1)Nc1ccc(-c2cccc(C(F)(F)F)c2)cc1-c1nnn[nH]1. The summed E-state index contributed by atoms with van der Waals surface area (Å²) in [6.07, 6.45) is -9.52. The number of rotatable bonds is 4. The first-order valence-electron chi connectivity index (χ1n) is 9.92. The molecule has 7 nitrogen and oxygen atoms in total. The number of hydrogen-bond acceptors (Lipinski definition) is 4. The van der Waals surface area contributed by atoms with Gasteiger partial charge in [-0.15, -0.1) is 5.10 Å². The van der Waals surface area contributed by atoms with Gasteiger partial charge in [-0.05, 0) is 64.0 Å². The van der Waals surface area contributed by atoms with Crippen molar-refractivity contribution in [3.05, 3.63) is 77.6 Å². The zero-order chi connectivity index (χ0) is 26.1. The van der Waals surface area contributed by atoms with Gasteiger partial charge in [-0.1, -0.05) is 18.2 Å². The van der Waals surface area contributed by atoms with Gasteiger partial charge in [0.15, 0.2) is 5.82 Å². The number of halogens is 7. The van der Waals surface area contributed by atoms with Gasteiger partial charge < -0.3 is 10.6 Å². The number of carbonyl (C=O) groups is 1. The lowest BCUT2D eigenvalue weighted by atomic mass is 9.99. The summed E-state index contributed by atoms with van der Waals surface area (Å²) in [7, 11) is 0. The van der Waals surface area contributed by atoms with Crippen LogP contribution in [0.3, 0.4) is 0 Å². The molecule has 0 bridgehead atoms. The van der Waals surface area contributed by atoms with Crippen LogP contribution in [-0.4, -0.2) is 26.7 Å². The normalized spacial score (nSPS) is 11.9. The summed E-state index contributed by atoms with van der Waals surface area (Å²) >= 11 is 0. The summed E-state index contributed by atoms with van der Waals surface area (Å²) in [6, 6.07) is 9.75. The predicted octanol–water partition coefficient (Wildman–Crippen LogP) is 6.35. The zero-order valence-corrected chi connectivity index (χ0v) is 17.7. The van der Waals surface area contributed by atoms with Gasteiger partial charge in [0.2, 0.25) is 0 Å². The first kappa shape index (κ1) is 24.6. The average molecular weight is 510 g/mol. The molecule has 0 radical (unpaired) electrons. The summed E-state index contributed by atoms with van der Waals surface area (Å²) in [5.74, 6) is -1.45. The maximum absolute atomic E-state index is 13.5. The third kappa shape index (κ3) is 5.42. The topological polar surface area (TPSA) is 95.6 Å². The van der Waals surface area contributed by atoms with Crippen molar-refractivity contribution in [2.75, 3.05) is 10.6 Å². The lowest BCUT2D eigenvalue weighted by Gasteiger charge is -2.14. The Morgan fingerprint density at radius 1 is 0.833 bits per heavy atom. The number of nitrogens with zero attached hydrogens (tertiary/aromatic N) is 3. The summed E-state index contributed by atoms with van der Waals surface area (Å²) in [5.41, 5.74) is -1.92. The van der Waals surface area contributed by atoms with E-state index in [4.69, 9.17) is 0 Å². The molecular formula is C22H13F7N6O. The molecular weight excluding hydrogens is 497 g/mol. The Hall–Kier alpha value is -4.49. The molecule has 0 saturated heterocycles. The van der Waals surface area contributed by atoms with Crippen LogP contribution < -0.4 is 10.6 Å². The lowest BCUT2D eigenvalue weighted by molar-refractivity contribution is -0.140. The molecule has 0 saturated carbocycles. The molecule has 1 heterocycles. The van der Waals surface area contributed by atoms with Crippen molar-refractivity contribution < 1.29 is 35.5 Å². The number of aromatic nitrogens is 4. The second-order valence-corrected chi connectivity index (χ2v) is 7.36. The highest BCUT2D eigenvalue weighted by atomic mass is 19.4. The lowest BCUT2D eigenvalue weighted by Crippen LogP contribution is -2.20. The molecule has 4 rings (SSSR count). The molecule has 14 heteroatoms. The second kappa shape index (κ2) is 9.28. The van der Waals surface area contributed by atoms with Crippen LogP contribution in [0, 0.1) is 5.82 Å². The molecule has 4 aromatic rings. The molecule has 0 unspecified atom stereocenters. The fraction of sp³-hybridized carbons (Fsp3) is 0.0909. The number of tetrazole rings is 1. The van der Waals surface area contributed by atoms with Crippen LogP contribution in [0.1, 0.15) is 11.1 Å². The maximum Gasteiger partial charge on any atom is 0.419 e. The molecule has 0 fully saturated rings. The highest BCUT2D eigenvalue weighted by Crippen LogP contribution is 2.36. The molecule has 3 N–H and O–H groups in total. The number of H-pyrrole nitrogens is 1. The third-order valence-electron chi connectivity index (χ3n) is 4.92. The first-order chi connectivity index (χ1) is 16.9. The highest BCUT2D eigenvalue weighted by Gasteiger charge is 2.34. The van der Waals surface area contributed by atoms with Gasteiger partial charge in [-0.2, -0.15) is 26.3 Å². The molecule has 0 spiro atoms. The number of benzene rings is 3. The van der Waals surface area contributed by atoms with E-state index in [0.717, 1.165) is 18.2 Å². The molecule has 2 amide bonds. The van der Waals surface area contributed by atoms with Crippen LogP contribution in [0.15, 0.2) is 60.7 Å². The number of alkyl halides is 6. The molecule has 36 heavy (non-hydrogen) atoms. The number of carbonyl (C=O) groups excluding carboxylic acids is 1. The van der Waals surface area contributed by atoms with Gasteiger partial charge in [-0.25, -0.2) is 14.3 Å². The minimum atomic E-state index is -4.97. The fourth-order valence-corrected chi connectivity index (χ4v) is 3.28. The number of nitrogens with one attached hydrogen (secondary N) is 3. The zero-order valence-electron chi connectivity index (χ0n) is 17.7. The minimum Gasteiger partial charge on any atom is -0.308 e. The van der Waals surface area contributed by atoms with E-state index in [-0.39, 0.29) is 28.3 Å². The minimum absolute atomic E-state index is 0.0558. The Kier molecular flexibility index (Phi) is 6.35. The Labute approximate surface area is 197 Å². The van der Waals surface area contributed by atoms with Gasteiger partial charge in [0.05, 0.1) is 16.8 Å². The predicted molar refractivity (Wildman–Crippen MR) is 114 cm³/mol.